The highest BCUT2D eigenvalue weighted by atomic mass is 19.2. The molecule has 0 amide bonds. The van der Waals surface area contributed by atoms with Gasteiger partial charge in [-0.15, -0.1) is 0 Å². The molecule has 1 unspecified atom stereocenters. The van der Waals surface area contributed by atoms with E-state index in [1.54, 1.807) is 0 Å². The Hall–Kier alpha value is -1.04. The van der Waals surface area contributed by atoms with Gasteiger partial charge >= 0.3 is 0 Å². The second kappa shape index (κ2) is 6.81. The first-order chi connectivity index (χ1) is 9.51. The van der Waals surface area contributed by atoms with Crippen LogP contribution in [0, 0.1) is 11.6 Å². The molecule has 2 N–H and O–H groups in total. The largest absolute Gasteiger partial charge is 0.389 e. The molecule has 0 aliphatic rings. The fraction of sp³-hybridized carbons (Fsp3) is 0.625. The molecule has 5 heteroatoms. The average Bonchev–Trinajstić information content (AvgIpc) is 2.36. The van der Waals surface area contributed by atoms with E-state index in [1.807, 2.05) is 34.6 Å². The molecule has 0 aliphatic carbocycles. The lowest BCUT2D eigenvalue weighted by molar-refractivity contribution is -0.0491. The molecule has 120 valence electrons. The van der Waals surface area contributed by atoms with Gasteiger partial charge in [-0.05, 0) is 52.3 Å². The number of hydrogen-bond donors (Lipinski definition) is 2. The molecule has 0 fully saturated rings. The number of benzene rings is 1. The van der Waals surface area contributed by atoms with E-state index in [0.29, 0.717) is 12.1 Å². The number of rotatable bonds is 6. The molecule has 0 heterocycles. The quantitative estimate of drug-likeness (QED) is 0.849. The molecule has 0 aromatic heterocycles. The number of aliphatic hydroxyl groups excluding tert-OH is 1. The molecular formula is C16H25F2NO2. The summed E-state index contributed by atoms with van der Waals surface area (Å²) in [5.74, 6) is -1.74. The highest BCUT2D eigenvalue weighted by Crippen LogP contribution is 2.22. The van der Waals surface area contributed by atoms with E-state index in [2.05, 4.69) is 5.32 Å². The Morgan fingerprint density at radius 2 is 1.76 bits per heavy atom. The Morgan fingerprint density at radius 3 is 2.29 bits per heavy atom. The summed E-state index contributed by atoms with van der Waals surface area (Å²) in [4.78, 5) is 0. The Bertz CT molecular complexity index is 470. The second-order valence-electron chi connectivity index (χ2n) is 6.71. The highest BCUT2D eigenvalue weighted by molar-refractivity contribution is 5.24. The number of aliphatic hydroxyl groups is 1. The maximum absolute atomic E-state index is 13.3. The van der Waals surface area contributed by atoms with Gasteiger partial charge in [-0.25, -0.2) is 8.78 Å². The minimum atomic E-state index is -0.876. The standard InChI is InChI=1S/C16H25F2NO2/c1-15(2,3)21-10-12(20)9-19-16(4,5)11-6-7-13(17)14(18)8-11/h6-8,12,19-20H,9-10H2,1-5H3. The topological polar surface area (TPSA) is 41.5 Å². The first-order valence-corrected chi connectivity index (χ1v) is 7.04. The molecule has 0 spiro atoms. The fourth-order valence-corrected chi connectivity index (χ4v) is 1.77. The van der Waals surface area contributed by atoms with E-state index in [4.69, 9.17) is 4.74 Å². The molecule has 1 aromatic carbocycles. The molecular weight excluding hydrogens is 276 g/mol. The van der Waals surface area contributed by atoms with Crippen LogP contribution in [0.4, 0.5) is 8.78 Å². The van der Waals surface area contributed by atoms with Crippen molar-refractivity contribution in [1.82, 2.24) is 5.32 Å². The van der Waals surface area contributed by atoms with E-state index < -0.39 is 23.3 Å². The zero-order valence-electron chi connectivity index (χ0n) is 13.3. The number of ether oxygens (including phenoxy) is 1. The predicted molar refractivity (Wildman–Crippen MR) is 79.1 cm³/mol. The van der Waals surface area contributed by atoms with Gasteiger partial charge in [0.05, 0.1) is 18.3 Å². The van der Waals surface area contributed by atoms with Crippen molar-refractivity contribution >= 4 is 0 Å². The van der Waals surface area contributed by atoms with Crippen molar-refractivity contribution in [3.05, 3.63) is 35.4 Å². The van der Waals surface area contributed by atoms with Crippen molar-refractivity contribution in [2.45, 2.75) is 51.9 Å². The molecule has 1 atom stereocenters. The van der Waals surface area contributed by atoms with Crippen LogP contribution < -0.4 is 5.32 Å². The Morgan fingerprint density at radius 1 is 1.14 bits per heavy atom. The van der Waals surface area contributed by atoms with Crippen LogP contribution in [0.5, 0.6) is 0 Å². The third-order valence-corrected chi connectivity index (χ3v) is 3.13. The van der Waals surface area contributed by atoms with Crippen LogP contribution in [0.2, 0.25) is 0 Å². The Labute approximate surface area is 125 Å². The summed E-state index contributed by atoms with van der Waals surface area (Å²) >= 11 is 0. The zero-order chi connectivity index (χ0) is 16.3. The van der Waals surface area contributed by atoms with Crippen molar-refractivity contribution in [2.75, 3.05) is 13.2 Å². The summed E-state index contributed by atoms with van der Waals surface area (Å²) < 4.78 is 31.7. The van der Waals surface area contributed by atoms with Gasteiger partial charge in [-0.1, -0.05) is 6.07 Å². The van der Waals surface area contributed by atoms with Crippen molar-refractivity contribution in [3.63, 3.8) is 0 Å². The van der Waals surface area contributed by atoms with Crippen LogP contribution in [-0.4, -0.2) is 30.0 Å². The van der Waals surface area contributed by atoms with Crippen molar-refractivity contribution in [1.29, 1.82) is 0 Å². The molecule has 1 aromatic rings. The smallest absolute Gasteiger partial charge is 0.159 e. The summed E-state index contributed by atoms with van der Waals surface area (Å²) in [6.07, 6.45) is -0.672. The van der Waals surface area contributed by atoms with Crippen molar-refractivity contribution in [3.8, 4) is 0 Å². The van der Waals surface area contributed by atoms with Crippen molar-refractivity contribution < 1.29 is 18.6 Å². The Kier molecular flexibility index (Phi) is 5.84. The first-order valence-electron chi connectivity index (χ1n) is 7.04. The summed E-state index contributed by atoms with van der Waals surface area (Å²) in [5.41, 5.74) is -0.279. The average molecular weight is 301 g/mol. The van der Waals surface area contributed by atoms with E-state index >= 15 is 0 Å². The maximum Gasteiger partial charge on any atom is 0.159 e. The third-order valence-electron chi connectivity index (χ3n) is 3.13. The number of hydrogen-bond acceptors (Lipinski definition) is 3. The third kappa shape index (κ3) is 6.08. The molecule has 0 aliphatic heterocycles. The van der Waals surface area contributed by atoms with Crippen molar-refractivity contribution in [2.24, 2.45) is 0 Å². The van der Waals surface area contributed by atoms with Gasteiger partial charge in [0.25, 0.3) is 0 Å². The number of halogens is 2. The minimum Gasteiger partial charge on any atom is -0.389 e. The van der Waals surface area contributed by atoms with Gasteiger partial charge in [0.15, 0.2) is 11.6 Å². The summed E-state index contributed by atoms with van der Waals surface area (Å²) in [6, 6.07) is 3.80. The van der Waals surface area contributed by atoms with E-state index in [0.717, 1.165) is 6.07 Å². The van der Waals surface area contributed by atoms with E-state index in [1.165, 1.54) is 12.1 Å². The fourth-order valence-electron chi connectivity index (χ4n) is 1.77. The maximum atomic E-state index is 13.3. The normalized spacial score (nSPS) is 14.3. The van der Waals surface area contributed by atoms with Crippen LogP contribution in [0.15, 0.2) is 18.2 Å². The minimum absolute atomic E-state index is 0.213. The SMILES string of the molecule is CC(C)(C)OCC(O)CNC(C)(C)c1ccc(F)c(F)c1. The van der Waals surface area contributed by atoms with Crippen LogP contribution in [0.3, 0.4) is 0 Å². The second-order valence-corrected chi connectivity index (χ2v) is 6.71. The first kappa shape index (κ1) is 18.0. The highest BCUT2D eigenvalue weighted by Gasteiger charge is 2.23. The summed E-state index contributed by atoms with van der Waals surface area (Å²) in [7, 11) is 0. The summed E-state index contributed by atoms with van der Waals surface area (Å²) in [5, 5.41) is 13.0. The predicted octanol–water partition coefficient (Wildman–Crippen LogP) is 2.97. The Balaban J connectivity index is 2.58. The van der Waals surface area contributed by atoms with Gasteiger partial charge in [0, 0.05) is 12.1 Å². The van der Waals surface area contributed by atoms with E-state index in [-0.39, 0.29) is 12.2 Å². The van der Waals surface area contributed by atoms with Crippen LogP contribution in [0.25, 0.3) is 0 Å². The molecule has 0 radical (unpaired) electrons. The van der Waals surface area contributed by atoms with E-state index in [9.17, 15) is 13.9 Å². The number of nitrogens with one attached hydrogen (secondary N) is 1. The molecule has 0 bridgehead atoms. The molecule has 1 rings (SSSR count). The zero-order valence-corrected chi connectivity index (χ0v) is 13.3. The van der Waals surface area contributed by atoms with Gasteiger partial charge in [0.2, 0.25) is 0 Å². The van der Waals surface area contributed by atoms with Gasteiger partial charge in [0.1, 0.15) is 0 Å². The lowest BCUT2D eigenvalue weighted by atomic mass is 9.94. The van der Waals surface area contributed by atoms with Crippen LogP contribution >= 0.6 is 0 Å². The lowest BCUT2D eigenvalue weighted by Gasteiger charge is -2.29. The van der Waals surface area contributed by atoms with Gasteiger partial charge in [-0.2, -0.15) is 0 Å². The molecule has 0 saturated heterocycles. The molecule has 21 heavy (non-hydrogen) atoms. The van der Waals surface area contributed by atoms with Crippen LogP contribution in [-0.2, 0) is 10.3 Å². The molecule has 0 saturated carbocycles. The summed E-state index contributed by atoms with van der Waals surface area (Å²) in [6.45, 7) is 9.94. The lowest BCUT2D eigenvalue weighted by Crippen LogP contribution is -2.43. The van der Waals surface area contributed by atoms with Gasteiger partial charge in [-0.3, -0.25) is 0 Å². The monoisotopic (exact) mass is 301 g/mol. The van der Waals surface area contributed by atoms with Crippen LogP contribution in [0.1, 0.15) is 40.2 Å². The van der Waals surface area contributed by atoms with Gasteiger partial charge < -0.3 is 15.2 Å². The molecule has 3 nitrogen and oxygen atoms in total.